The Kier molecular flexibility index (Phi) is 3.95. The Morgan fingerprint density at radius 1 is 0.486 bits per heavy atom. The van der Waals surface area contributed by atoms with E-state index in [1.54, 1.807) is 19.1 Å². The lowest BCUT2D eigenvalue weighted by molar-refractivity contribution is 1.23. The Labute approximate surface area is 212 Å². The second kappa shape index (κ2) is 6.53. The smallest absolute Gasteiger partial charge is 0.260 e. The average Bonchev–Trinajstić information content (AvgIpc) is 3.05. The molecular formula is C25H8Cl4N2O4. The summed E-state index contributed by atoms with van der Waals surface area (Å²) >= 11 is 26.6. The molecule has 2 heterocycles. The second-order valence-electron chi connectivity index (χ2n) is 8.55. The summed E-state index contributed by atoms with van der Waals surface area (Å²) in [5.41, 5.74) is -2.32. The van der Waals surface area contributed by atoms with Crippen molar-refractivity contribution in [1.82, 2.24) is 9.97 Å². The first-order chi connectivity index (χ1) is 16.6. The molecule has 0 unspecified atom stereocenters. The first kappa shape index (κ1) is 21.1. The van der Waals surface area contributed by atoms with Crippen LogP contribution in [0.15, 0.2) is 37.4 Å². The number of fused-ring (bicyclic) bond motifs is 4. The van der Waals surface area contributed by atoms with Crippen LogP contribution in [0.3, 0.4) is 0 Å². The number of halogens is 4. The monoisotopic (exact) mass is 540 g/mol. The fraction of sp³-hybridized carbons (Fsp3) is 0.0400. The molecule has 0 radical (unpaired) electrons. The van der Waals surface area contributed by atoms with Gasteiger partial charge in [-0.1, -0.05) is 64.6 Å². The third-order valence-corrected chi connectivity index (χ3v) is 8.76. The minimum absolute atomic E-state index is 0.0178. The van der Waals surface area contributed by atoms with Crippen LogP contribution < -0.4 is 22.2 Å². The molecule has 35 heavy (non-hydrogen) atoms. The summed E-state index contributed by atoms with van der Waals surface area (Å²) in [6, 6.07) is 5.28. The number of rotatable bonds is 0. The lowest BCUT2D eigenvalue weighted by Crippen LogP contribution is -2.15. The van der Waals surface area contributed by atoms with E-state index in [9.17, 15) is 19.2 Å². The maximum absolute atomic E-state index is 13.4. The van der Waals surface area contributed by atoms with E-state index in [0.29, 0.717) is 48.7 Å². The summed E-state index contributed by atoms with van der Waals surface area (Å²) in [6.07, 6.45) is 0. The van der Waals surface area contributed by atoms with Gasteiger partial charge in [0.25, 0.3) is 22.2 Å². The normalized spacial score (nSPS) is 12.6. The van der Waals surface area contributed by atoms with Gasteiger partial charge in [0.05, 0.1) is 41.6 Å². The van der Waals surface area contributed by atoms with Crippen molar-refractivity contribution in [2.24, 2.45) is 0 Å². The number of aryl methyl sites for hydroxylation is 1. The number of aromatic nitrogens is 2. The highest BCUT2D eigenvalue weighted by molar-refractivity contribution is 6.58. The third-order valence-electron chi connectivity index (χ3n) is 6.96. The Hall–Kier alpha value is -3.16. The molecule has 0 atom stereocenters. The molecule has 0 aliphatic rings. The van der Waals surface area contributed by atoms with E-state index in [1.165, 1.54) is 0 Å². The Morgan fingerprint density at radius 3 is 1.57 bits per heavy atom. The van der Waals surface area contributed by atoms with Crippen molar-refractivity contribution in [2.75, 3.05) is 0 Å². The second-order valence-corrected chi connectivity index (χ2v) is 10.1. The summed E-state index contributed by atoms with van der Waals surface area (Å²) in [5, 5.41) is 4.00. The lowest BCUT2D eigenvalue weighted by Gasteiger charge is -2.20. The predicted octanol–water partition coefficient (Wildman–Crippen LogP) is 5.94. The van der Waals surface area contributed by atoms with Gasteiger partial charge in [0.2, 0.25) is 0 Å². The maximum Gasteiger partial charge on any atom is 0.260 e. The van der Waals surface area contributed by atoms with Gasteiger partial charge < -0.3 is 0 Å². The molecule has 0 bridgehead atoms. The first-order valence-electron chi connectivity index (χ1n) is 10.3. The molecule has 0 aliphatic carbocycles. The van der Waals surface area contributed by atoms with E-state index in [2.05, 4.69) is 9.97 Å². The van der Waals surface area contributed by atoms with E-state index < -0.39 is 22.2 Å². The van der Waals surface area contributed by atoms with E-state index in [4.69, 9.17) is 46.4 Å². The molecule has 0 aliphatic heterocycles. The molecule has 2 aromatic heterocycles. The van der Waals surface area contributed by atoms with Crippen molar-refractivity contribution in [2.45, 2.75) is 6.92 Å². The summed E-state index contributed by atoms with van der Waals surface area (Å²) in [5.74, 6) is 0. The van der Waals surface area contributed by atoms with Gasteiger partial charge in [0.1, 0.15) is 0 Å². The van der Waals surface area contributed by atoms with Crippen molar-refractivity contribution >= 4 is 111 Å². The van der Waals surface area contributed by atoms with Crippen LogP contribution in [0.2, 0.25) is 20.1 Å². The summed E-state index contributed by atoms with van der Waals surface area (Å²) in [4.78, 5) is 57.1. The lowest BCUT2D eigenvalue weighted by atomic mass is 9.84. The molecule has 7 rings (SSSR count). The van der Waals surface area contributed by atoms with E-state index in [0.717, 1.165) is 0 Å². The summed E-state index contributed by atoms with van der Waals surface area (Å²) in [7, 11) is 0. The van der Waals surface area contributed by atoms with Gasteiger partial charge in [-0.3, -0.25) is 29.1 Å². The van der Waals surface area contributed by atoms with Crippen LogP contribution in [-0.4, -0.2) is 9.97 Å². The van der Waals surface area contributed by atoms with Gasteiger partial charge in [-0.2, -0.15) is 0 Å². The van der Waals surface area contributed by atoms with Crippen molar-refractivity contribution < 1.29 is 0 Å². The van der Waals surface area contributed by atoms with Crippen LogP contribution >= 0.6 is 46.4 Å². The molecule has 2 N–H and O–H groups in total. The summed E-state index contributed by atoms with van der Waals surface area (Å²) in [6.45, 7) is 1.79. The molecule has 0 saturated carbocycles. The summed E-state index contributed by atoms with van der Waals surface area (Å²) < 4.78 is 0. The van der Waals surface area contributed by atoms with Gasteiger partial charge in [-0.25, -0.2) is 0 Å². The topological polar surface area (TPSA) is 99.9 Å². The molecule has 0 spiro atoms. The van der Waals surface area contributed by atoms with Crippen LogP contribution in [0.5, 0.6) is 0 Å². The molecular weight excluding hydrogens is 534 g/mol. The van der Waals surface area contributed by atoms with Gasteiger partial charge >= 0.3 is 0 Å². The van der Waals surface area contributed by atoms with Crippen LogP contribution in [0, 0.1) is 6.92 Å². The maximum atomic E-state index is 13.4. The third kappa shape index (κ3) is 2.25. The SMILES string of the molecule is Cc1c(Cl)c(Cl)c2c(Cl)c(Cl)c3c(=O)[nH]c(=O)c4c5c(=O)[nH]c(=O)c5c5cccc6c1c2c3c4c65. The van der Waals surface area contributed by atoms with Crippen molar-refractivity contribution in [3.63, 3.8) is 0 Å². The quantitative estimate of drug-likeness (QED) is 0.183. The average molecular weight is 542 g/mol. The number of benzene rings is 5. The number of hydrogen-bond donors (Lipinski definition) is 2. The molecule has 0 amide bonds. The zero-order valence-corrected chi connectivity index (χ0v) is 20.4. The van der Waals surface area contributed by atoms with E-state index >= 15 is 0 Å². The van der Waals surface area contributed by atoms with Gasteiger partial charge in [0, 0.05) is 21.5 Å². The molecule has 7 aromatic rings. The first-order valence-corrected chi connectivity index (χ1v) is 11.8. The van der Waals surface area contributed by atoms with E-state index in [1.807, 2.05) is 6.07 Å². The fourth-order valence-electron chi connectivity index (χ4n) is 5.66. The zero-order valence-electron chi connectivity index (χ0n) is 17.4. The van der Waals surface area contributed by atoms with Crippen LogP contribution in [0.4, 0.5) is 0 Å². The highest BCUT2D eigenvalue weighted by Gasteiger charge is 2.29. The van der Waals surface area contributed by atoms with Crippen LogP contribution in [-0.2, 0) is 0 Å². The Morgan fingerprint density at radius 2 is 0.914 bits per heavy atom. The van der Waals surface area contributed by atoms with Gasteiger partial charge in [0.15, 0.2) is 0 Å². The molecule has 5 aromatic carbocycles. The standard InChI is InChI=1S/C25H8Cl4N2O4/c1-5-8-6-3-2-4-7-9(6)12-13-11(8)16(19(27)18(5)26)20(28)21(29)17(13)25(35)31-24(34)15(12)14-10(7)22(32)30-23(14)33/h2-4H,1H3,(H,30,32,33)(H,31,34,35). The van der Waals surface area contributed by atoms with Gasteiger partial charge in [-0.15, -0.1) is 0 Å². The molecule has 10 heteroatoms. The van der Waals surface area contributed by atoms with Gasteiger partial charge in [-0.05, 0) is 34.0 Å². The Bertz CT molecular complexity index is 2360. The molecule has 0 saturated heterocycles. The van der Waals surface area contributed by atoms with Crippen molar-refractivity contribution in [3.05, 3.63) is 85.3 Å². The number of nitrogens with one attached hydrogen (secondary N) is 2. The number of hydrogen-bond acceptors (Lipinski definition) is 4. The van der Waals surface area contributed by atoms with Crippen LogP contribution in [0.1, 0.15) is 5.56 Å². The fourth-order valence-corrected chi connectivity index (χ4v) is 6.79. The highest BCUT2D eigenvalue weighted by Crippen LogP contribution is 2.53. The van der Waals surface area contributed by atoms with Crippen LogP contribution in [0.25, 0.3) is 64.6 Å². The molecule has 6 nitrogen and oxygen atoms in total. The minimum atomic E-state index is -0.820. The largest absolute Gasteiger partial charge is 0.288 e. The number of aromatic amines is 2. The highest BCUT2D eigenvalue weighted by atomic mass is 35.5. The zero-order chi connectivity index (χ0) is 24.7. The minimum Gasteiger partial charge on any atom is -0.288 e. The number of H-pyrrole nitrogens is 2. The van der Waals surface area contributed by atoms with Crippen molar-refractivity contribution in [1.29, 1.82) is 0 Å². The Balaban J connectivity index is 2.16. The van der Waals surface area contributed by atoms with E-state index in [-0.39, 0.29) is 41.6 Å². The molecule has 0 fully saturated rings. The molecule has 170 valence electrons. The van der Waals surface area contributed by atoms with Crippen molar-refractivity contribution in [3.8, 4) is 0 Å². The predicted molar refractivity (Wildman–Crippen MR) is 144 cm³/mol.